The largest absolute Gasteiger partial charge is 0.377 e. The molecule has 82 valence electrons. The summed E-state index contributed by atoms with van der Waals surface area (Å²) >= 11 is 1.14. The van der Waals surface area contributed by atoms with Gasteiger partial charge in [0.1, 0.15) is 0 Å². The lowest BCUT2D eigenvalue weighted by Crippen LogP contribution is -2.44. The van der Waals surface area contributed by atoms with E-state index in [1.165, 1.54) is 0 Å². The van der Waals surface area contributed by atoms with Gasteiger partial charge in [-0.3, -0.25) is 4.79 Å². The van der Waals surface area contributed by atoms with E-state index >= 15 is 0 Å². The Morgan fingerprint density at radius 2 is 2.00 bits per heavy atom. The zero-order valence-corrected chi connectivity index (χ0v) is 9.81. The Bertz CT molecular complexity index is 234. The number of hydrogen-bond donors (Lipinski definition) is 3. The van der Waals surface area contributed by atoms with Crippen LogP contribution in [-0.2, 0) is 4.79 Å². The third-order valence-corrected chi connectivity index (χ3v) is 2.21. The van der Waals surface area contributed by atoms with Crippen molar-refractivity contribution >= 4 is 22.8 Å². The Balaban J connectivity index is 4.14. The second-order valence-corrected chi connectivity index (χ2v) is 5.33. The highest BCUT2D eigenvalue weighted by molar-refractivity contribution is 8.14. The number of hydrazone groups is 1. The van der Waals surface area contributed by atoms with Gasteiger partial charge in [0.05, 0.1) is 5.25 Å². The summed E-state index contributed by atoms with van der Waals surface area (Å²) in [6.45, 7) is 7.51. The number of nitrogens with one attached hydrogen (secondary N) is 1. The maximum atomic E-state index is 11.5. The highest BCUT2D eigenvalue weighted by atomic mass is 32.2. The molecule has 0 spiro atoms. The van der Waals surface area contributed by atoms with Gasteiger partial charge in [0.15, 0.2) is 5.17 Å². The molecule has 14 heavy (non-hydrogen) atoms. The maximum Gasteiger partial charge on any atom is 0.233 e. The van der Waals surface area contributed by atoms with Crippen LogP contribution in [0.1, 0.15) is 27.7 Å². The molecule has 6 heteroatoms. The molecular weight excluding hydrogens is 200 g/mol. The van der Waals surface area contributed by atoms with Gasteiger partial charge in [0.25, 0.3) is 0 Å². The molecule has 0 aliphatic carbocycles. The van der Waals surface area contributed by atoms with Crippen molar-refractivity contribution in [3.05, 3.63) is 0 Å². The van der Waals surface area contributed by atoms with E-state index in [4.69, 9.17) is 11.6 Å². The third kappa shape index (κ3) is 5.69. The van der Waals surface area contributed by atoms with Gasteiger partial charge in [-0.05, 0) is 27.7 Å². The van der Waals surface area contributed by atoms with Crippen LogP contribution in [0.25, 0.3) is 0 Å². The second-order valence-electron chi connectivity index (χ2n) is 3.97. The van der Waals surface area contributed by atoms with Crippen molar-refractivity contribution in [3.8, 4) is 0 Å². The van der Waals surface area contributed by atoms with E-state index in [0.717, 1.165) is 11.8 Å². The van der Waals surface area contributed by atoms with E-state index in [1.54, 1.807) is 6.92 Å². The first kappa shape index (κ1) is 13.1. The third-order valence-electron chi connectivity index (χ3n) is 1.29. The average molecular weight is 218 g/mol. The summed E-state index contributed by atoms with van der Waals surface area (Å²) in [7, 11) is 0. The molecule has 1 unspecified atom stereocenters. The number of nitrogens with zero attached hydrogens (tertiary/aromatic N) is 1. The molecule has 0 saturated carbocycles. The van der Waals surface area contributed by atoms with Crippen LogP contribution in [0.15, 0.2) is 5.10 Å². The highest BCUT2D eigenvalue weighted by Crippen LogP contribution is 2.11. The quantitative estimate of drug-likeness (QED) is 0.267. The molecule has 0 aromatic heterocycles. The Morgan fingerprint density at radius 1 is 1.50 bits per heavy atom. The molecule has 0 heterocycles. The molecule has 0 fully saturated rings. The molecular formula is C8H18N4OS. The summed E-state index contributed by atoms with van der Waals surface area (Å²) in [5, 5.41) is 6.04. The van der Waals surface area contributed by atoms with E-state index in [-0.39, 0.29) is 21.9 Å². The zero-order chi connectivity index (χ0) is 11.4. The molecule has 0 saturated heterocycles. The zero-order valence-electron chi connectivity index (χ0n) is 9.00. The lowest BCUT2D eigenvalue weighted by atomic mass is 10.1. The molecule has 0 aliphatic heterocycles. The molecule has 5 nitrogen and oxygen atoms in total. The summed E-state index contributed by atoms with van der Waals surface area (Å²) in [5.74, 6) is 4.88. The van der Waals surface area contributed by atoms with Crippen molar-refractivity contribution < 1.29 is 4.79 Å². The fourth-order valence-electron chi connectivity index (χ4n) is 0.736. The number of carbonyl (C=O) groups is 1. The smallest absolute Gasteiger partial charge is 0.233 e. The minimum Gasteiger partial charge on any atom is -0.377 e. The molecule has 0 aromatic rings. The van der Waals surface area contributed by atoms with Gasteiger partial charge in [-0.25, -0.2) is 0 Å². The van der Waals surface area contributed by atoms with Crippen molar-refractivity contribution in [2.24, 2.45) is 16.7 Å². The number of carbonyl (C=O) groups excluding carboxylic acids is 1. The molecule has 0 radical (unpaired) electrons. The number of thioether (sulfide) groups is 1. The molecule has 0 aromatic carbocycles. The van der Waals surface area contributed by atoms with Crippen molar-refractivity contribution in [2.75, 3.05) is 0 Å². The lowest BCUT2D eigenvalue weighted by Gasteiger charge is -2.22. The number of nitrogens with two attached hydrogens (primary N) is 2. The van der Waals surface area contributed by atoms with Crippen LogP contribution >= 0.6 is 11.8 Å². The average Bonchev–Trinajstić information content (AvgIpc) is 2.00. The van der Waals surface area contributed by atoms with Crippen molar-refractivity contribution in [3.63, 3.8) is 0 Å². The van der Waals surface area contributed by atoms with Crippen LogP contribution in [0.3, 0.4) is 0 Å². The first-order valence-electron chi connectivity index (χ1n) is 4.28. The number of amides is 1. The Labute approximate surface area is 88.7 Å². The van der Waals surface area contributed by atoms with E-state index < -0.39 is 0 Å². The number of hydrogen-bond acceptors (Lipinski definition) is 4. The van der Waals surface area contributed by atoms with Crippen molar-refractivity contribution in [1.29, 1.82) is 0 Å². The van der Waals surface area contributed by atoms with Crippen LogP contribution in [0.5, 0.6) is 0 Å². The maximum absolute atomic E-state index is 11.5. The van der Waals surface area contributed by atoms with E-state index in [9.17, 15) is 4.79 Å². The highest BCUT2D eigenvalue weighted by Gasteiger charge is 2.20. The molecule has 1 atom stereocenters. The predicted octanol–water partition coefficient (Wildman–Crippen LogP) is 0.211. The van der Waals surface area contributed by atoms with Gasteiger partial charge in [-0.1, -0.05) is 11.8 Å². The Morgan fingerprint density at radius 3 is 2.36 bits per heavy atom. The Hall–Kier alpha value is -0.910. The topological polar surface area (TPSA) is 93.5 Å². The fraction of sp³-hybridized carbons (Fsp3) is 0.750. The first-order valence-corrected chi connectivity index (χ1v) is 5.16. The van der Waals surface area contributed by atoms with Gasteiger partial charge in [0.2, 0.25) is 5.91 Å². The molecule has 0 rings (SSSR count). The van der Waals surface area contributed by atoms with Crippen molar-refractivity contribution in [1.82, 2.24) is 5.32 Å². The van der Waals surface area contributed by atoms with Gasteiger partial charge < -0.3 is 16.9 Å². The molecule has 0 aliphatic rings. The lowest BCUT2D eigenvalue weighted by molar-refractivity contribution is -0.121. The van der Waals surface area contributed by atoms with Crippen LogP contribution in [0, 0.1) is 0 Å². The van der Waals surface area contributed by atoms with E-state index in [0.29, 0.717) is 0 Å². The van der Waals surface area contributed by atoms with Crippen molar-refractivity contribution in [2.45, 2.75) is 38.5 Å². The second kappa shape index (κ2) is 5.09. The summed E-state index contributed by atoms with van der Waals surface area (Å²) < 4.78 is 0. The van der Waals surface area contributed by atoms with Crippen LogP contribution < -0.4 is 16.9 Å². The van der Waals surface area contributed by atoms with Gasteiger partial charge in [-0.2, -0.15) is 5.10 Å². The molecule has 1 amide bonds. The van der Waals surface area contributed by atoms with Gasteiger partial charge in [-0.15, -0.1) is 0 Å². The molecule has 0 bridgehead atoms. The normalized spacial score (nSPS) is 15.0. The summed E-state index contributed by atoms with van der Waals surface area (Å²) in [6.07, 6.45) is 0. The van der Waals surface area contributed by atoms with Crippen LogP contribution in [-0.4, -0.2) is 21.9 Å². The number of rotatable bonds is 2. The first-order chi connectivity index (χ1) is 6.26. The monoisotopic (exact) mass is 218 g/mol. The van der Waals surface area contributed by atoms with Crippen LogP contribution in [0.4, 0.5) is 0 Å². The predicted molar refractivity (Wildman–Crippen MR) is 60.8 cm³/mol. The summed E-state index contributed by atoms with van der Waals surface area (Å²) in [5.41, 5.74) is 5.15. The standard InChI is InChI=1S/C8H18N4OS/c1-5(14-7(9)12-10)6(13)11-8(2,3)4/h5H,10H2,1-4H3,(H2,9,12)(H,11,13). The number of amidine groups is 1. The van der Waals surface area contributed by atoms with E-state index in [1.807, 2.05) is 20.8 Å². The minimum absolute atomic E-state index is 0.0749. The summed E-state index contributed by atoms with van der Waals surface area (Å²) in [6, 6.07) is 0. The minimum atomic E-state index is -0.290. The van der Waals surface area contributed by atoms with Gasteiger partial charge >= 0.3 is 0 Å². The van der Waals surface area contributed by atoms with E-state index in [2.05, 4.69) is 10.4 Å². The Kier molecular flexibility index (Phi) is 4.76. The SMILES string of the molecule is CC(SC(N)=NN)C(=O)NC(C)(C)C. The fourth-order valence-corrected chi connectivity index (χ4v) is 1.33. The summed E-state index contributed by atoms with van der Waals surface area (Å²) in [4.78, 5) is 11.5. The molecule has 5 N–H and O–H groups in total. The van der Waals surface area contributed by atoms with Crippen LogP contribution in [0.2, 0.25) is 0 Å². The van der Waals surface area contributed by atoms with Gasteiger partial charge in [0, 0.05) is 5.54 Å².